The van der Waals surface area contributed by atoms with Crippen LogP contribution in [0.1, 0.15) is 28.3 Å². The van der Waals surface area contributed by atoms with Gasteiger partial charge < -0.3 is 9.67 Å². The average Bonchev–Trinajstić information content (AvgIpc) is 2.92. The molecule has 0 fully saturated rings. The van der Waals surface area contributed by atoms with Crippen molar-refractivity contribution in [1.29, 1.82) is 0 Å². The number of carbonyl (C=O) groups is 1. The zero-order chi connectivity index (χ0) is 14.0. The lowest BCUT2D eigenvalue weighted by Crippen LogP contribution is -2.08. The van der Waals surface area contributed by atoms with E-state index in [0.717, 1.165) is 5.16 Å². The summed E-state index contributed by atoms with van der Waals surface area (Å²) in [5.74, 6) is -0.791. The summed E-state index contributed by atoms with van der Waals surface area (Å²) >= 11 is 3.04. The fourth-order valence-electron chi connectivity index (χ4n) is 2.05. The Hall–Kier alpha value is -1.27. The molecule has 6 heteroatoms. The lowest BCUT2D eigenvalue weighted by atomic mass is 10.1. The summed E-state index contributed by atoms with van der Waals surface area (Å²) in [5, 5.41) is 9.50. The molecule has 0 saturated heterocycles. The fraction of sp³-hybridized carbons (Fsp3) is 0.385. The molecule has 2 rings (SSSR count). The molecular weight excluding hydrogens is 280 g/mol. The molecule has 0 bridgehead atoms. The van der Waals surface area contributed by atoms with Gasteiger partial charge in [-0.3, -0.25) is 4.79 Å². The average molecular weight is 296 g/mol. The van der Waals surface area contributed by atoms with Crippen molar-refractivity contribution in [1.82, 2.24) is 9.55 Å². The Morgan fingerprint density at radius 2 is 2.32 bits per heavy atom. The van der Waals surface area contributed by atoms with Crippen LogP contribution in [0.25, 0.3) is 0 Å². The summed E-state index contributed by atoms with van der Waals surface area (Å²) in [6, 6.07) is 2.36. The zero-order valence-electron chi connectivity index (χ0n) is 11.1. The molecule has 0 aliphatic heterocycles. The maximum Gasteiger partial charge on any atom is 0.313 e. The van der Waals surface area contributed by atoms with Crippen LogP contribution in [0.3, 0.4) is 0 Å². The first-order chi connectivity index (χ1) is 8.99. The number of imidazole rings is 1. The van der Waals surface area contributed by atoms with Crippen molar-refractivity contribution in [2.45, 2.75) is 32.0 Å². The summed E-state index contributed by atoms with van der Waals surface area (Å²) < 4.78 is 2.03. The lowest BCUT2D eigenvalue weighted by molar-refractivity contribution is -0.133. The minimum absolute atomic E-state index is 0.0331. The molecule has 0 aliphatic carbocycles. The molecule has 1 N–H and O–H groups in total. The van der Waals surface area contributed by atoms with Crippen LogP contribution in [0.5, 0.6) is 0 Å². The lowest BCUT2D eigenvalue weighted by Gasteiger charge is -2.15. The van der Waals surface area contributed by atoms with Gasteiger partial charge in [-0.15, -0.1) is 11.3 Å². The highest BCUT2D eigenvalue weighted by Crippen LogP contribution is 2.31. The molecule has 1 atom stereocenters. The molecule has 0 aliphatic rings. The van der Waals surface area contributed by atoms with E-state index in [4.69, 9.17) is 5.11 Å². The minimum atomic E-state index is -0.824. The van der Waals surface area contributed by atoms with Gasteiger partial charge in [0.15, 0.2) is 5.16 Å². The number of hydrogen-bond donors (Lipinski definition) is 1. The third kappa shape index (κ3) is 3.19. The first-order valence-electron chi connectivity index (χ1n) is 5.93. The van der Waals surface area contributed by atoms with Crippen molar-refractivity contribution in [2.24, 2.45) is 0 Å². The molecule has 2 heterocycles. The van der Waals surface area contributed by atoms with E-state index in [1.165, 1.54) is 27.1 Å². The maximum absolute atomic E-state index is 10.6. The van der Waals surface area contributed by atoms with E-state index in [-0.39, 0.29) is 11.8 Å². The van der Waals surface area contributed by atoms with E-state index >= 15 is 0 Å². The fourth-order valence-corrected chi connectivity index (χ4v) is 3.82. The summed E-state index contributed by atoms with van der Waals surface area (Å²) in [5.41, 5.74) is 1.28. The molecule has 4 nitrogen and oxygen atoms in total. The number of aromatic nitrogens is 2. The van der Waals surface area contributed by atoms with E-state index in [0.29, 0.717) is 0 Å². The molecule has 102 valence electrons. The Morgan fingerprint density at radius 1 is 1.58 bits per heavy atom. The van der Waals surface area contributed by atoms with Crippen LogP contribution < -0.4 is 0 Å². The highest BCUT2D eigenvalue weighted by atomic mass is 32.2. The number of hydrogen-bond acceptors (Lipinski definition) is 4. The monoisotopic (exact) mass is 296 g/mol. The van der Waals surface area contributed by atoms with Gasteiger partial charge >= 0.3 is 5.97 Å². The molecular formula is C13H16N2O2S2. The summed E-state index contributed by atoms with van der Waals surface area (Å²) in [6.45, 7) is 6.33. The van der Waals surface area contributed by atoms with Gasteiger partial charge in [-0.25, -0.2) is 4.98 Å². The molecule has 0 saturated carbocycles. The van der Waals surface area contributed by atoms with Gasteiger partial charge in [-0.05, 0) is 32.4 Å². The van der Waals surface area contributed by atoms with E-state index in [1.807, 2.05) is 10.8 Å². The zero-order valence-corrected chi connectivity index (χ0v) is 12.7. The predicted molar refractivity (Wildman–Crippen MR) is 78.2 cm³/mol. The largest absolute Gasteiger partial charge is 0.481 e. The van der Waals surface area contributed by atoms with Gasteiger partial charge in [0.2, 0.25) is 0 Å². The van der Waals surface area contributed by atoms with Gasteiger partial charge in [0.05, 0.1) is 11.8 Å². The van der Waals surface area contributed by atoms with E-state index in [2.05, 4.69) is 31.8 Å². The summed E-state index contributed by atoms with van der Waals surface area (Å²) in [7, 11) is 0. The standard InChI is InChI=1S/C13H16N2O2S2/c1-8-6-11(10(3)19-8)9(2)15-5-4-14-13(15)18-7-12(16)17/h4-6,9H,7H2,1-3H3,(H,16,17). The van der Waals surface area contributed by atoms with Gasteiger partial charge in [-0.1, -0.05) is 11.8 Å². The smallest absolute Gasteiger partial charge is 0.313 e. The third-order valence-corrected chi connectivity index (χ3v) is 4.85. The van der Waals surface area contributed by atoms with Crippen LogP contribution in [-0.4, -0.2) is 26.4 Å². The van der Waals surface area contributed by atoms with Crippen molar-refractivity contribution < 1.29 is 9.90 Å². The van der Waals surface area contributed by atoms with Gasteiger partial charge in [0, 0.05) is 22.1 Å². The number of carboxylic acids is 1. The van der Waals surface area contributed by atoms with Crippen molar-refractivity contribution in [3.63, 3.8) is 0 Å². The number of rotatable bonds is 5. The van der Waals surface area contributed by atoms with Crippen LogP contribution >= 0.6 is 23.1 Å². The van der Waals surface area contributed by atoms with E-state index in [1.54, 1.807) is 17.5 Å². The quantitative estimate of drug-likeness (QED) is 0.860. The van der Waals surface area contributed by atoms with Crippen LogP contribution in [0.4, 0.5) is 0 Å². The molecule has 19 heavy (non-hydrogen) atoms. The van der Waals surface area contributed by atoms with Crippen LogP contribution in [-0.2, 0) is 4.79 Å². The van der Waals surface area contributed by atoms with Gasteiger partial charge in [0.25, 0.3) is 0 Å². The van der Waals surface area contributed by atoms with Crippen LogP contribution in [0.2, 0.25) is 0 Å². The number of carboxylic acid groups (broad SMARTS) is 1. The normalized spacial score (nSPS) is 12.6. The first kappa shape index (κ1) is 14.1. The molecule has 0 spiro atoms. The van der Waals surface area contributed by atoms with E-state index < -0.39 is 5.97 Å². The maximum atomic E-state index is 10.6. The minimum Gasteiger partial charge on any atom is -0.481 e. The Kier molecular flexibility index (Phi) is 4.31. The number of aryl methyl sites for hydroxylation is 2. The number of thioether (sulfide) groups is 1. The number of nitrogens with zero attached hydrogens (tertiary/aromatic N) is 2. The number of thiophene rings is 1. The predicted octanol–water partition coefficient (Wildman–Crippen LogP) is 3.35. The van der Waals surface area contributed by atoms with E-state index in [9.17, 15) is 4.79 Å². The number of aliphatic carboxylic acids is 1. The Balaban J connectivity index is 2.24. The third-order valence-electron chi connectivity index (χ3n) is 2.90. The Morgan fingerprint density at radius 3 is 2.89 bits per heavy atom. The van der Waals surface area contributed by atoms with Gasteiger partial charge in [-0.2, -0.15) is 0 Å². The second-order valence-electron chi connectivity index (χ2n) is 4.34. The second-order valence-corrected chi connectivity index (χ2v) is 6.75. The summed E-state index contributed by atoms with van der Waals surface area (Å²) in [6.07, 6.45) is 3.62. The van der Waals surface area contributed by atoms with Crippen molar-refractivity contribution in [2.75, 3.05) is 5.75 Å². The molecule has 0 aromatic carbocycles. The summed E-state index contributed by atoms with van der Waals surface area (Å²) in [4.78, 5) is 17.5. The van der Waals surface area contributed by atoms with Gasteiger partial charge in [0.1, 0.15) is 0 Å². The van der Waals surface area contributed by atoms with Crippen LogP contribution in [0, 0.1) is 13.8 Å². The SMILES string of the molecule is Cc1cc(C(C)n2ccnc2SCC(=O)O)c(C)s1. The molecule has 2 aromatic heterocycles. The Labute approximate surface area is 120 Å². The highest BCUT2D eigenvalue weighted by Gasteiger charge is 2.16. The second kappa shape index (κ2) is 5.79. The topological polar surface area (TPSA) is 55.1 Å². The first-order valence-corrected chi connectivity index (χ1v) is 7.73. The molecule has 0 radical (unpaired) electrons. The van der Waals surface area contributed by atoms with Crippen molar-refractivity contribution in [3.05, 3.63) is 33.8 Å². The highest BCUT2D eigenvalue weighted by molar-refractivity contribution is 7.99. The molecule has 1 unspecified atom stereocenters. The van der Waals surface area contributed by atoms with Crippen molar-refractivity contribution in [3.8, 4) is 0 Å². The van der Waals surface area contributed by atoms with Crippen molar-refractivity contribution >= 4 is 29.1 Å². The van der Waals surface area contributed by atoms with Crippen LogP contribution in [0.15, 0.2) is 23.6 Å². The Bertz CT molecular complexity index is 589. The molecule has 2 aromatic rings. The molecule has 0 amide bonds.